The van der Waals surface area contributed by atoms with Gasteiger partial charge < -0.3 is 0 Å². The van der Waals surface area contributed by atoms with Crippen LogP contribution in [-0.2, 0) is 0 Å². The lowest BCUT2D eigenvalue weighted by Crippen LogP contribution is -2.15. The van der Waals surface area contributed by atoms with Crippen molar-refractivity contribution in [1.29, 1.82) is 0 Å². The molecule has 2 rings (SSSR count). The van der Waals surface area contributed by atoms with Gasteiger partial charge in [0.05, 0.1) is 0 Å². The maximum atomic E-state index is 2.31. The van der Waals surface area contributed by atoms with E-state index >= 15 is 0 Å². The van der Waals surface area contributed by atoms with Gasteiger partial charge in [-0.2, -0.15) is 0 Å². The molecule has 1 saturated heterocycles. The Labute approximate surface area is 109 Å². The van der Waals surface area contributed by atoms with E-state index in [-0.39, 0.29) is 0 Å². The second kappa shape index (κ2) is 7.49. The lowest BCUT2D eigenvalue weighted by atomic mass is 9.40. The summed E-state index contributed by atoms with van der Waals surface area (Å²) in [7, 11) is 0. The first-order valence-electron chi connectivity index (χ1n) is 8.38. The summed E-state index contributed by atoms with van der Waals surface area (Å²) in [4.78, 5) is 0. The standard InChI is InChI=1S/C16H31B/c1-2-3-4-5-6-7-11-17-12-10-15-8-9-16(13-15)14-17/h15-16H,2-14H2,1H3. The summed E-state index contributed by atoms with van der Waals surface area (Å²) in [6.07, 6.45) is 19.8. The van der Waals surface area contributed by atoms with Crippen molar-refractivity contribution in [3.05, 3.63) is 0 Å². The van der Waals surface area contributed by atoms with E-state index in [9.17, 15) is 0 Å². The summed E-state index contributed by atoms with van der Waals surface area (Å²) in [6, 6.07) is 0. The Morgan fingerprint density at radius 3 is 2.53 bits per heavy atom. The van der Waals surface area contributed by atoms with Crippen molar-refractivity contribution in [2.75, 3.05) is 0 Å². The zero-order chi connectivity index (χ0) is 11.9. The molecule has 1 heteroatoms. The zero-order valence-corrected chi connectivity index (χ0v) is 11.9. The molecule has 2 aliphatic rings. The van der Waals surface area contributed by atoms with E-state index in [0.717, 1.165) is 18.5 Å². The van der Waals surface area contributed by atoms with Crippen LogP contribution in [0.5, 0.6) is 0 Å². The lowest BCUT2D eigenvalue weighted by molar-refractivity contribution is 0.513. The maximum Gasteiger partial charge on any atom is 0.140 e. The molecule has 98 valence electrons. The van der Waals surface area contributed by atoms with Crippen LogP contribution in [0.3, 0.4) is 0 Å². The lowest BCUT2D eigenvalue weighted by Gasteiger charge is -2.16. The van der Waals surface area contributed by atoms with Crippen LogP contribution in [0.2, 0.25) is 19.0 Å². The van der Waals surface area contributed by atoms with Gasteiger partial charge in [0.15, 0.2) is 0 Å². The third-order valence-corrected chi connectivity index (χ3v) is 5.27. The van der Waals surface area contributed by atoms with Gasteiger partial charge in [-0.05, 0) is 18.3 Å². The molecular formula is C16H31B. The molecule has 17 heavy (non-hydrogen) atoms. The van der Waals surface area contributed by atoms with Gasteiger partial charge in [-0.15, -0.1) is 0 Å². The van der Waals surface area contributed by atoms with Crippen LogP contribution in [0.15, 0.2) is 0 Å². The van der Waals surface area contributed by atoms with Gasteiger partial charge >= 0.3 is 0 Å². The predicted octanol–water partition coefficient (Wildman–Crippen LogP) is 5.66. The van der Waals surface area contributed by atoms with Crippen molar-refractivity contribution >= 4 is 6.71 Å². The van der Waals surface area contributed by atoms with Crippen LogP contribution in [0, 0.1) is 11.8 Å². The van der Waals surface area contributed by atoms with Crippen LogP contribution in [0.1, 0.15) is 71.1 Å². The number of hydrogen-bond acceptors (Lipinski definition) is 0. The first kappa shape index (κ1) is 13.5. The van der Waals surface area contributed by atoms with E-state index in [0.29, 0.717) is 0 Å². The minimum atomic E-state index is 1.11. The van der Waals surface area contributed by atoms with Crippen LogP contribution < -0.4 is 0 Å². The largest absolute Gasteiger partial charge is 0.140 e. The van der Waals surface area contributed by atoms with Gasteiger partial charge in [0.2, 0.25) is 0 Å². The van der Waals surface area contributed by atoms with Gasteiger partial charge in [0, 0.05) is 0 Å². The molecule has 2 atom stereocenters. The third-order valence-electron chi connectivity index (χ3n) is 5.27. The molecule has 0 aromatic rings. The predicted molar refractivity (Wildman–Crippen MR) is 79.0 cm³/mol. The highest BCUT2D eigenvalue weighted by molar-refractivity contribution is 6.58. The first-order chi connectivity index (χ1) is 8.38. The van der Waals surface area contributed by atoms with E-state index in [2.05, 4.69) is 6.92 Å². The van der Waals surface area contributed by atoms with Gasteiger partial charge in [-0.25, -0.2) is 0 Å². The number of hydrogen-bond donors (Lipinski definition) is 0. The Morgan fingerprint density at radius 1 is 0.882 bits per heavy atom. The molecule has 1 aliphatic carbocycles. The highest BCUT2D eigenvalue weighted by Gasteiger charge is 2.31. The van der Waals surface area contributed by atoms with E-state index < -0.39 is 0 Å². The summed E-state index contributed by atoms with van der Waals surface area (Å²) in [6.45, 7) is 3.41. The van der Waals surface area contributed by atoms with E-state index in [1.54, 1.807) is 44.6 Å². The number of fused-ring (bicyclic) bond motifs is 2. The van der Waals surface area contributed by atoms with E-state index in [4.69, 9.17) is 0 Å². The fourth-order valence-electron chi connectivity index (χ4n) is 4.19. The number of unbranched alkanes of at least 4 members (excludes halogenated alkanes) is 5. The summed E-state index contributed by atoms with van der Waals surface area (Å²) >= 11 is 0. The molecule has 0 N–H and O–H groups in total. The molecule has 0 amide bonds. The summed E-state index contributed by atoms with van der Waals surface area (Å²) in [5.41, 5.74) is 0. The van der Waals surface area contributed by atoms with Crippen molar-refractivity contribution < 1.29 is 0 Å². The van der Waals surface area contributed by atoms with Crippen molar-refractivity contribution in [3.8, 4) is 0 Å². The maximum absolute atomic E-state index is 2.31. The first-order valence-corrected chi connectivity index (χ1v) is 8.38. The van der Waals surface area contributed by atoms with E-state index in [1.807, 2.05) is 0 Å². The molecule has 2 bridgehead atoms. The summed E-state index contributed by atoms with van der Waals surface area (Å²) in [5, 5.41) is 0. The smallest absolute Gasteiger partial charge is 0.0741 e. The van der Waals surface area contributed by atoms with Gasteiger partial charge in [0.1, 0.15) is 6.71 Å². The quantitative estimate of drug-likeness (QED) is 0.393. The van der Waals surface area contributed by atoms with Crippen LogP contribution >= 0.6 is 0 Å². The molecule has 2 fully saturated rings. The molecule has 1 saturated carbocycles. The van der Waals surface area contributed by atoms with Gasteiger partial charge in [0.25, 0.3) is 0 Å². The molecule has 0 nitrogen and oxygen atoms in total. The molecule has 2 unspecified atom stereocenters. The van der Waals surface area contributed by atoms with Crippen molar-refractivity contribution in [2.24, 2.45) is 11.8 Å². The molecule has 1 heterocycles. The molecule has 0 aromatic carbocycles. The Kier molecular flexibility index (Phi) is 5.94. The average molecular weight is 234 g/mol. The van der Waals surface area contributed by atoms with Crippen molar-refractivity contribution in [1.82, 2.24) is 0 Å². The van der Waals surface area contributed by atoms with Crippen molar-refractivity contribution in [2.45, 2.75) is 90.1 Å². The van der Waals surface area contributed by atoms with Gasteiger partial charge in [-0.3, -0.25) is 0 Å². The second-order valence-corrected chi connectivity index (χ2v) is 6.78. The fourth-order valence-corrected chi connectivity index (χ4v) is 4.19. The molecule has 1 aliphatic heterocycles. The second-order valence-electron chi connectivity index (χ2n) is 6.78. The van der Waals surface area contributed by atoms with Crippen LogP contribution in [0.25, 0.3) is 0 Å². The molecule has 0 spiro atoms. The van der Waals surface area contributed by atoms with Crippen LogP contribution in [0.4, 0.5) is 0 Å². The van der Waals surface area contributed by atoms with Crippen molar-refractivity contribution in [3.63, 3.8) is 0 Å². The van der Waals surface area contributed by atoms with Gasteiger partial charge in [-0.1, -0.05) is 83.7 Å². The zero-order valence-electron chi connectivity index (χ0n) is 11.9. The topological polar surface area (TPSA) is 0 Å². The molecule has 0 aromatic heterocycles. The monoisotopic (exact) mass is 234 g/mol. The number of rotatable bonds is 7. The normalized spacial score (nSPS) is 28.4. The summed E-state index contributed by atoms with van der Waals surface area (Å²) in [5.74, 6) is 2.27. The Bertz CT molecular complexity index is 202. The Balaban J connectivity index is 1.53. The third kappa shape index (κ3) is 4.68. The highest BCUT2D eigenvalue weighted by atomic mass is 14.3. The SMILES string of the molecule is CCCCCCCCB1CCC2CCC(C1)C2. The van der Waals surface area contributed by atoms with Crippen LogP contribution in [-0.4, -0.2) is 6.71 Å². The minimum Gasteiger partial charge on any atom is -0.0741 e. The Morgan fingerprint density at radius 2 is 1.65 bits per heavy atom. The minimum absolute atomic E-state index is 1.11. The van der Waals surface area contributed by atoms with E-state index in [1.165, 1.54) is 38.5 Å². The fraction of sp³-hybridized carbons (Fsp3) is 1.00. The summed E-state index contributed by atoms with van der Waals surface area (Å²) < 4.78 is 0. The average Bonchev–Trinajstić information content (AvgIpc) is 2.66. The molecule has 0 radical (unpaired) electrons. The Hall–Kier alpha value is 0.0649. The highest BCUT2D eigenvalue weighted by Crippen LogP contribution is 2.41. The molecular weight excluding hydrogens is 203 g/mol.